The normalized spacial score (nSPS) is 11.2. The van der Waals surface area contributed by atoms with Gasteiger partial charge in [-0.2, -0.15) is 0 Å². The quantitative estimate of drug-likeness (QED) is 0.221. The molecule has 0 spiro atoms. The molecule has 0 fully saturated rings. The summed E-state index contributed by atoms with van der Waals surface area (Å²) in [7, 11) is 0. The van der Waals surface area contributed by atoms with E-state index in [2.05, 4.69) is 18.0 Å². The number of non-ortho nitro benzene ring substituents is 1. The fourth-order valence-electron chi connectivity index (χ4n) is 3.57. The smallest absolute Gasteiger partial charge is 0.270 e. The molecule has 0 saturated heterocycles. The van der Waals surface area contributed by atoms with Gasteiger partial charge in [-0.25, -0.2) is 4.98 Å². The molecule has 0 aliphatic rings. The van der Waals surface area contributed by atoms with Gasteiger partial charge in [-0.3, -0.25) is 24.8 Å². The maximum Gasteiger partial charge on any atom is 0.270 e. The highest BCUT2D eigenvalue weighted by Gasteiger charge is 2.24. The number of aryl methyl sites for hydroxylation is 2. The molecule has 0 unspecified atom stereocenters. The average Bonchev–Trinajstić information content (AvgIpc) is 3.41. The molecule has 0 N–H and O–H groups in total. The Kier molecular flexibility index (Phi) is 5.35. The number of thiophene rings is 1. The number of benzene rings is 2. The van der Waals surface area contributed by atoms with Crippen molar-refractivity contribution in [3.05, 3.63) is 92.6 Å². The van der Waals surface area contributed by atoms with Crippen molar-refractivity contribution in [3.63, 3.8) is 0 Å². The van der Waals surface area contributed by atoms with Crippen molar-refractivity contribution >= 4 is 59.7 Å². The van der Waals surface area contributed by atoms with Crippen LogP contribution in [0.5, 0.6) is 0 Å². The molecule has 3 heterocycles. The van der Waals surface area contributed by atoms with Crippen LogP contribution in [-0.4, -0.2) is 20.8 Å². The maximum absolute atomic E-state index is 13.7. The van der Waals surface area contributed by atoms with Crippen LogP contribution in [0.25, 0.3) is 20.3 Å². The van der Waals surface area contributed by atoms with Gasteiger partial charge in [-0.15, -0.1) is 11.3 Å². The highest BCUT2D eigenvalue weighted by atomic mass is 32.1. The standard InChI is InChI=1S/C24H18N4O3S2/c1-14-8-19-21(9-15(14)2)33-24(26-19)27(13-16-4-3-7-25-12-16)23(29)22-11-17-10-18(28(30)31)5-6-20(17)32-22/h3-12H,13H2,1-2H3. The summed E-state index contributed by atoms with van der Waals surface area (Å²) in [6, 6.07) is 14.2. The third-order valence-corrected chi connectivity index (χ3v) is 7.60. The minimum absolute atomic E-state index is 0.00317. The first kappa shape index (κ1) is 21.2. The summed E-state index contributed by atoms with van der Waals surface area (Å²) in [6.45, 7) is 4.42. The number of aromatic nitrogens is 2. The zero-order valence-electron chi connectivity index (χ0n) is 17.8. The van der Waals surface area contributed by atoms with Gasteiger partial charge < -0.3 is 0 Å². The van der Waals surface area contributed by atoms with E-state index in [4.69, 9.17) is 4.98 Å². The number of rotatable bonds is 5. The second-order valence-electron chi connectivity index (χ2n) is 7.74. The molecule has 0 bridgehead atoms. The average molecular weight is 475 g/mol. The Hall–Kier alpha value is -3.69. The molecule has 164 valence electrons. The summed E-state index contributed by atoms with van der Waals surface area (Å²) in [5.74, 6) is -0.199. The molecule has 0 aliphatic heterocycles. The van der Waals surface area contributed by atoms with E-state index < -0.39 is 4.92 Å². The summed E-state index contributed by atoms with van der Waals surface area (Å²) in [4.78, 5) is 35.5. The number of fused-ring (bicyclic) bond motifs is 2. The van der Waals surface area contributed by atoms with E-state index in [9.17, 15) is 14.9 Å². The molecule has 5 rings (SSSR count). The summed E-state index contributed by atoms with van der Waals surface area (Å²) >= 11 is 2.79. The predicted molar refractivity (Wildman–Crippen MR) is 132 cm³/mol. The predicted octanol–water partition coefficient (Wildman–Crippen LogP) is 6.28. The number of amides is 1. The summed E-state index contributed by atoms with van der Waals surface area (Å²) in [6.07, 6.45) is 3.42. The van der Waals surface area contributed by atoms with Gasteiger partial charge in [0, 0.05) is 34.6 Å². The van der Waals surface area contributed by atoms with E-state index in [1.54, 1.807) is 29.4 Å². The van der Waals surface area contributed by atoms with Crippen molar-refractivity contribution in [1.82, 2.24) is 9.97 Å². The Morgan fingerprint density at radius 2 is 1.88 bits per heavy atom. The molecule has 0 atom stereocenters. The van der Waals surface area contributed by atoms with E-state index in [-0.39, 0.29) is 11.6 Å². The third kappa shape index (κ3) is 4.08. The first-order chi connectivity index (χ1) is 15.9. The van der Waals surface area contributed by atoms with Gasteiger partial charge in [0.1, 0.15) is 0 Å². The lowest BCUT2D eigenvalue weighted by molar-refractivity contribution is -0.384. The molecule has 9 heteroatoms. The molecular weight excluding hydrogens is 456 g/mol. The molecule has 0 aliphatic carbocycles. The molecule has 7 nitrogen and oxygen atoms in total. The Morgan fingerprint density at radius 3 is 2.64 bits per heavy atom. The second-order valence-corrected chi connectivity index (χ2v) is 9.84. The van der Waals surface area contributed by atoms with E-state index in [1.807, 2.05) is 25.1 Å². The molecule has 5 aromatic rings. The van der Waals surface area contributed by atoms with Crippen LogP contribution in [0.15, 0.2) is 60.9 Å². The van der Waals surface area contributed by atoms with E-state index >= 15 is 0 Å². The van der Waals surface area contributed by atoms with Crippen molar-refractivity contribution in [2.24, 2.45) is 0 Å². The zero-order chi connectivity index (χ0) is 23.1. The second kappa shape index (κ2) is 8.34. The van der Waals surface area contributed by atoms with Crippen molar-refractivity contribution < 1.29 is 9.72 Å². The largest absolute Gasteiger partial charge is 0.279 e. The van der Waals surface area contributed by atoms with Gasteiger partial charge in [0.05, 0.1) is 26.6 Å². The molecule has 2 aromatic carbocycles. The number of pyridine rings is 1. The van der Waals surface area contributed by atoms with Crippen molar-refractivity contribution in [1.29, 1.82) is 0 Å². The third-order valence-electron chi connectivity index (χ3n) is 5.45. The summed E-state index contributed by atoms with van der Waals surface area (Å²) in [5, 5.41) is 12.4. The number of hydrogen-bond acceptors (Lipinski definition) is 7. The summed E-state index contributed by atoms with van der Waals surface area (Å²) < 4.78 is 1.84. The number of thiazole rings is 1. The molecule has 33 heavy (non-hydrogen) atoms. The van der Waals surface area contributed by atoms with E-state index in [0.29, 0.717) is 21.9 Å². The number of carbonyl (C=O) groups is 1. The zero-order valence-corrected chi connectivity index (χ0v) is 19.4. The van der Waals surface area contributed by atoms with Crippen molar-refractivity contribution in [2.45, 2.75) is 20.4 Å². The van der Waals surface area contributed by atoms with Gasteiger partial charge in [-0.05, 0) is 60.9 Å². The van der Waals surface area contributed by atoms with Crippen LogP contribution in [0.2, 0.25) is 0 Å². The first-order valence-electron chi connectivity index (χ1n) is 10.2. The number of nitro groups is 1. The number of nitrogens with zero attached hydrogens (tertiary/aromatic N) is 4. The molecule has 3 aromatic heterocycles. The van der Waals surface area contributed by atoms with E-state index in [0.717, 1.165) is 26.0 Å². The SMILES string of the molecule is Cc1cc2nc(N(Cc3cccnc3)C(=O)c3cc4cc([N+](=O)[O-])ccc4s3)sc2cc1C. The topological polar surface area (TPSA) is 89.2 Å². The number of nitro benzene ring substituents is 1. The lowest BCUT2D eigenvalue weighted by Crippen LogP contribution is -2.29. The van der Waals surface area contributed by atoms with Crippen molar-refractivity contribution in [3.8, 4) is 0 Å². The Bertz CT molecular complexity index is 1490. The Balaban J connectivity index is 1.59. The molecule has 1 amide bonds. The van der Waals surface area contributed by atoms with Gasteiger partial charge in [-0.1, -0.05) is 17.4 Å². The van der Waals surface area contributed by atoms with Crippen LogP contribution in [0.3, 0.4) is 0 Å². The van der Waals surface area contributed by atoms with Crippen LogP contribution < -0.4 is 4.90 Å². The number of carbonyl (C=O) groups excluding carboxylic acids is 1. The lowest BCUT2D eigenvalue weighted by atomic mass is 10.1. The minimum atomic E-state index is -0.432. The van der Waals surface area contributed by atoms with Gasteiger partial charge in [0.15, 0.2) is 5.13 Å². The number of hydrogen-bond donors (Lipinski definition) is 0. The first-order valence-corrected chi connectivity index (χ1v) is 11.8. The van der Waals surface area contributed by atoms with Crippen LogP contribution in [0.1, 0.15) is 26.4 Å². The number of anilines is 1. The Morgan fingerprint density at radius 1 is 1.06 bits per heavy atom. The molecule has 0 saturated carbocycles. The highest BCUT2D eigenvalue weighted by Crippen LogP contribution is 2.35. The van der Waals surface area contributed by atoms with Gasteiger partial charge >= 0.3 is 0 Å². The lowest BCUT2D eigenvalue weighted by Gasteiger charge is -2.19. The van der Waals surface area contributed by atoms with Crippen LogP contribution in [-0.2, 0) is 6.54 Å². The maximum atomic E-state index is 13.7. The fraction of sp³-hybridized carbons (Fsp3) is 0.125. The van der Waals surface area contributed by atoms with Crippen LogP contribution in [0, 0.1) is 24.0 Å². The molecule has 0 radical (unpaired) electrons. The van der Waals surface area contributed by atoms with Crippen molar-refractivity contribution in [2.75, 3.05) is 4.90 Å². The monoisotopic (exact) mass is 474 g/mol. The van der Waals surface area contributed by atoms with Crippen LogP contribution in [0.4, 0.5) is 10.8 Å². The van der Waals surface area contributed by atoms with Gasteiger partial charge in [0.2, 0.25) is 0 Å². The highest BCUT2D eigenvalue weighted by molar-refractivity contribution is 7.23. The summed E-state index contributed by atoms with van der Waals surface area (Å²) in [5.41, 5.74) is 4.07. The van der Waals surface area contributed by atoms with Gasteiger partial charge in [0.25, 0.3) is 11.6 Å². The minimum Gasteiger partial charge on any atom is -0.279 e. The fourth-order valence-corrected chi connectivity index (χ4v) is 5.60. The van der Waals surface area contributed by atoms with E-state index in [1.165, 1.54) is 40.4 Å². The Labute approximate surface area is 197 Å². The molecular formula is C24H18N4O3S2. The van der Waals surface area contributed by atoms with Crippen LogP contribution >= 0.6 is 22.7 Å².